The van der Waals surface area contributed by atoms with E-state index in [4.69, 9.17) is 0 Å². The Morgan fingerprint density at radius 2 is 1.44 bits per heavy atom. The van der Waals surface area contributed by atoms with Gasteiger partial charge in [-0.15, -0.1) is 0 Å². The smallest absolute Gasteiger partial charge is 0.458 e. The lowest BCUT2D eigenvalue weighted by Gasteiger charge is -2.39. The van der Waals surface area contributed by atoms with E-state index in [-0.39, 0.29) is 11.0 Å². The lowest BCUT2D eigenvalue weighted by molar-refractivity contribution is -0.441. The number of esters is 1. The first-order chi connectivity index (χ1) is 16.2. The number of thioether (sulfide) groups is 1. The van der Waals surface area contributed by atoms with Crippen LogP contribution in [0.4, 0.5) is 57.1 Å². The van der Waals surface area contributed by atoms with Crippen LogP contribution in [0.25, 0.3) is 5.82 Å². The van der Waals surface area contributed by atoms with Crippen LogP contribution in [-0.2, 0) is 9.53 Å². The zero-order valence-corrected chi connectivity index (χ0v) is 17.5. The molecule has 0 aliphatic rings. The lowest BCUT2D eigenvalue weighted by atomic mass is 9.94. The highest BCUT2D eigenvalue weighted by Gasteiger charge is 2.90. The largest absolute Gasteiger partial charge is 0.460 e. The van der Waals surface area contributed by atoms with Crippen LogP contribution in [0, 0.1) is 0 Å². The predicted molar refractivity (Wildman–Crippen MR) is 91.6 cm³/mol. The molecule has 2 rings (SSSR count). The number of halogens is 13. The first-order valence-corrected chi connectivity index (χ1v) is 9.75. The molecule has 2 heterocycles. The van der Waals surface area contributed by atoms with Gasteiger partial charge in [0.1, 0.15) is 0 Å². The Hall–Kier alpha value is -2.80. The van der Waals surface area contributed by atoms with E-state index in [1.165, 1.54) is 29.2 Å². The van der Waals surface area contributed by atoms with Crippen molar-refractivity contribution in [3.8, 4) is 5.82 Å². The van der Waals surface area contributed by atoms with Crippen molar-refractivity contribution in [2.45, 2.75) is 40.9 Å². The zero-order chi connectivity index (χ0) is 27.8. The molecule has 0 amide bonds. The normalized spacial score (nSPS) is 14.1. The minimum absolute atomic E-state index is 0.149. The molecule has 0 saturated heterocycles. The maximum absolute atomic E-state index is 13.6. The predicted octanol–water partition coefficient (Wildman–Crippen LogP) is 5.04. The highest BCUT2D eigenvalue weighted by atomic mass is 32.2. The Kier molecular flexibility index (Phi) is 7.83. The van der Waals surface area contributed by atoms with E-state index in [0.29, 0.717) is 11.8 Å². The van der Waals surface area contributed by atoms with Gasteiger partial charge in [-0.05, 0) is 6.07 Å². The molecule has 0 unspecified atom stereocenters. The van der Waals surface area contributed by atoms with Crippen LogP contribution in [0.15, 0.2) is 35.9 Å². The average molecular weight is 568 g/mol. The third kappa shape index (κ3) is 5.17. The standard InChI is InChI=1S/C16H9F13N4O2S/c17-11(18,12(19,20)13(21,22)14(23,24)15(25,26)16(27,28)29)7-35-9(34)6-36-10-30-4-2-8(32-10)33-5-1-3-31-33/h1-5H,6-7H2. The second-order valence-corrected chi connectivity index (χ2v) is 7.54. The maximum Gasteiger partial charge on any atom is 0.460 e. The molecule has 202 valence electrons. The Labute approximate surface area is 194 Å². The molecule has 0 radical (unpaired) electrons. The van der Waals surface area contributed by atoms with Gasteiger partial charge in [0.25, 0.3) is 0 Å². The van der Waals surface area contributed by atoms with Crippen molar-refractivity contribution in [1.82, 2.24) is 19.7 Å². The molecular weight excluding hydrogens is 559 g/mol. The van der Waals surface area contributed by atoms with Crippen LogP contribution >= 0.6 is 11.8 Å². The molecular formula is C16H9F13N4O2S. The quantitative estimate of drug-likeness (QED) is 0.173. The van der Waals surface area contributed by atoms with Crippen molar-refractivity contribution in [2.75, 3.05) is 12.4 Å². The minimum atomic E-state index is -8.03. The van der Waals surface area contributed by atoms with E-state index in [1.807, 2.05) is 0 Å². The van der Waals surface area contributed by atoms with Crippen molar-refractivity contribution in [1.29, 1.82) is 0 Å². The van der Waals surface area contributed by atoms with Gasteiger partial charge in [0, 0.05) is 24.7 Å². The molecule has 0 aromatic carbocycles. The third-order valence-electron chi connectivity index (χ3n) is 4.09. The summed E-state index contributed by atoms with van der Waals surface area (Å²) in [7, 11) is 0. The van der Waals surface area contributed by atoms with Gasteiger partial charge in [-0.3, -0.25) is 4.79 Å². The highest BCUT2D eigenvalue weighted by molar-refractivity contribution is 7.99. The van der Waals surface area contributed by atoms with Crippen LogP contribution < -0.4 is 0 Å². The van der Waals surface area contributed by atoms with Crippen LogP contribution in [0.2, 0.25) is 0 Å². The fourth-order valence-corrected chi connectivity index (χ4v) is 2.79. The number of hydrogen-bond donors (Lipinski definition) is 0. The van der Waals surface area contributed by atoms with Crippen molar-refractivity contribution in [2.24, 2.45) is 0 Å². The van der Waals surface area contributed by atoms with Gasteiger partial charge < -0.3 is 4.74 Å². The lowest BCUT2D eigenvalue weighted by Crippen LogP contribution is -2.70. The van der Waals surface area contributed by atoms with Gasteiger partial charge in [0.05, 0.1) is 5.75 Å². The van der Waals surface area contributed by atoms with E-state index in [2.05, 4.69) is 19.8 Å². The Balaban J connectivity index is 2.09. The van der Waals surface area contributed by atoms with E-state index >= 15 is 0 Å². The third-order valence-corrected chi connectivity index (χ3v) is 4.92. The molecule has 6 nitrogen and oxygen atoms in total. The Morgan fingerprint density at radius 1 is 0.861 bits per heavy atom. The Bertz CT molecular complexity index is 1060. The van der Waals surface area contributed by atoms with Crippen LogP contribution in [0.5, 0.6) is 0 Å². The SMILES string of the molecule is O=C(CSc1nccc(-n2cccn2)n1)OCC(F)(F)C(F)(F)C(F)(F)C(F)(F)C(F)(F)C(F)(F)F. The summed E-state index contributed by atoms with van der Waals surface area (Å²) in [6.07, 6.45) is -3.54. The molecule has 0 saturated carbocycles. The second kappa shape index (κ2) is 9.58. The molecule has 0 bridgehead atoms. The maximum atomic E-state index is 13.6. The molecule has 2 aromatic rings. The second-order valence-electron chi connectivity index (χ2n) is 6.60. The van der Waals surface area contributed by atoms with Gasteiger partial charge in [-0.1, -0.05) is 11.8 Å². The van der Waals surface area contributed by atoms with Gasteiger partial charge >= 0.3 is 41.8 Å². The molecule has 0 aliphatic heterocycles. The number of rotatable bonds is 10. The summed E-state index contributed by atoms with van der Waals surface area (Å²) in [6.45, 7) is -3.07. The first kappa shape index (κ1) is 29.4. The van der Waals surface area contributed by atoms with E-state index in [9.17, 15) is 61.9 Å². The van der Waals surface area contributed by atoms with Crippen molar-refractivity contribution in [3.05, 3.63) is 30.7 Å². The van der Waals surface area contributed by atoms with Crippen molar-refractivity contribution >= 4 is 17.7 Å². The number of aromatic nitrogens is 4. The summed E-state index contributed by atoms with van der Waals surface area (Å²) in [5.74, 6) is -40.6. The van der Waals surface area contributed by atoms with Crippen molar-refractivity contribution in [3.63, 3.8) is 0 Å². The number of alkyl halides is 13. The van der Waals surface area contributed by atoms with Crippen LogP contribution in [0.1, 0.15) is 0 Å². The summed E-state index contributed by atoms with van der Waals surface area (Å²) < 4.78 is 174. The molecule has 20 heteroatoms. The number of carbonyl (C=O) groups is 1. The first-order valence-electron chi connectivity index (χ1n) is 8.76. The summed E-state index contributed by atoms with van der Waals surface area (Å²) in [6, 6.07) is 2.85. The summed E-state index contributed by atoms with van der Waals surface area (Å²) in [5, 5.41) is 3.59. The monoisotopic (exact) mass is 568 g/mol. The Morgan fingerprint density at radius 3 is 1.97 bits per heavy atom. The van der Waals surface area contributed by atoms with Gasteiger partial charge in [0.15, 0.2) is 17.6 Å². The number of ether oxygens (including phenoxy) is 1. The summed E-state index contributed by atoms with van der Waals surface area (Å²) in [4.78, 5) is 19.1. The van der Waals surface area contributed by atoms with E-state index in [1.54, 1.807) is 0 Å². The fourth-order valence-electron chi connectivity index (χ4n) is 2.16. The van der Waals surface area contributed by atoms with Crippen LogP contribution in [-0.4, -0.2) is 73.9 Å². The molecule has 0 atom stereocenters. The van der Waals surface area contributed by atoms with Gasteiger partial charge in [0.2, 0.25) is 0 Å². The molecule has 2 aromatic heterocycles. The number of hydrogen-bond acceptors (Lipinski definition) is 6. The minimum Gasteiger partial charge on any atom is -0.458 e. The van der Waals surface area contributed by atoms with E-state index < -0.39 is 54.1 Å². The van der Waals surface area contributed by atoms with Crippen molar-refractivity contribution < 1.29 is 66.6 Å². The molecule has 36 heavy (non-hydrogen) atoms. The average Bonchev–Trinajstić information content (AvgIpc) is 3.30. The molecule has 0 N–H and O–H groups in total. The summed E-state index contributed by atoms with van der Waals surface area (Å²) in [5.41, 5.74) is 0. The topological polar surface area (TPSA) is 69.9 Å². The fraction of sp³-hybridized carbons (Fsp3) is 0.500. The van der Waals surface area contributed by atoms with Gasteiger partial charge in [-0.2, -0.15) is 62.2 Å². The zero-order valence-electron chi connectivity index (χ0n) is 16.7. The highest BCUT2D eigenvalue weighted by Crippen LogP contribution is 2.60. The number of carbonyl (C=O) groups excluding carboxylic acids is 1. The van der Waals surface area contributed by atoms with Gasteiger partial charge in [-0.25, -0.2) is 14.6 Å². The molecule has 0 spiro atoms. The number of nitrogens with zero attached hydrogens (tertiary/aromatic N) is 4. The van der Waals surface area contributed by atoms with E-state index in [0.717, 1.165) is 6.20 Å². The van der Waals surface area contributed by atoms with Crippen LogP contribution in [0.3, 0.4) is 0 Å². The summed E-state index contributed by atoms with van der Waals surface area (Å²) >= 11 is 0.351. The molecule has 0 aliphatic carbocycles. The molecule has 0 fully saturated rings.